The minimum Gasteiger partial charge on any atom is -0.342 e. The number of H-pyrrole nitrogens is 1. The summed E-state index contributed by atoms with van der Waals surface area (Å²) in [7, 11) is 0. The number of halogens is 1. The summed E-state index contributed by atoms with van der Waals surface area (Å²) in [6, 6.07) is 4.03. The predicted molar refractivity (Wildman–Crippen MR) is 57.8 cm³/mol. The molecule has 0 aliphatic heterocycles. The quantitative estimate of drug-likeness (QED) is 0.855. The van der Waals surface area contributed by atoms with E-state index in [1.807, 2.05) is 6.07 Å². The fourth-order valence-corrected chi connectivity index (χ4v) is 2.08. The zero-order valence-electron chi connectivity index (χ0n) is 7.47. The van der Waals surface area contributed by atoms with Crippen LogP contribution in [0.25, 0.3) is 11.0 Å². The molecular formula is C10H11BrN2. The number of pyridine rings is 1. The van der Waals surface area contributed by atoms with Gasteiger partial charge in [-0.1, -0.05) is 13.3 Å². The van der Waals surface area contributed by atoms with Crippen LogP contribution in [0, 0.1) is 0 Å². The van der Waals surface area contributed by atoms with E-state index in [1.54, 1.807) is 6.20 Å². The first kappa shape index (κ1) is 8.75. The van der Waals surface area contributed by atoms with Crippen molar-refractivity contribution in [3.63, 3.8) is 0 Å². The first-order valence-corrected chi connectivity index (χ1v) is 5.23. The predicted octanol–water partition coefficient (Wildman–Crippen LogP) is 3.28. The number of hydrogen-bond donors (Lipinski definition) is 1. The van der Waals surface area contributed by atoms with Crippen molar-refractivity contribution in [3.05, 3.63) is 28.5 Å². The minimum absolute atomic E-state index is 0.970. The summed E-state index contributed by atoms with van der Waals surface area (Å²) in [5.41, 5.74) is 2.22. The molecule has 0 spiro atoms. The van der Waals surface area contributed by atoms with Gasteiger partial charge in [0.1, 0.15) is 5.65 Å². The average molecular weight is 239 g/mol. The maximum absolute atomic E-state index is 4.26. The van der Waals surface area contributed by atoms with Gasteiger partial charge < -0.3 is 4.98 Å². The molecule has 0 aliphatic rings. The molecule has 0 amide bonds. The third-order valence-electron chi connectivity index (χ3n) is 2.08. The van der Waals surface area contributed by atoms with Crippen molar-refractivity contribution in [2.75, 3.05) is 0 Å². The van der Waals surface area contributed by atoms with E-state index in [0.717, 1.165) is 23.0 Å². The van der Waals surface area contributed by atoms with Gasteiger partial charge in [0.15, 0.2) is 0 Å². The van der Waals surface area contributed by atoms with E-state index in [1.165, 1.54) is 11.1 Å². The maximum atomic E-state index is 4.26. The molecule has 2 heterocycles. The molecule has 0 fully saturated rings. The Morgan fingerprint density at radius 2 is 2.38 bits per heavy atom. The summed E-state index contributed by atoms with van der Waals surface area (Å²) in [4.78, 5) is 7.57. The number of aromatic amines is 1. The van der Waals surface area contributed by atoms with Crippen LogP contribution in [0.3, 0.4) is 0 Å². The van der Waals surface area contributed by atoms with E-state index in [0.29, 0.717) is 0 Å². The van der Waals surface area contributed by atoms with Crippen LogP contribution in [-0.4, -0.2) is 9.97 Å². The largest absolute Gasteiger partial charge is 0.342 e. The van der Waals surface area contributed by atoms with E-state index in [4.69, 9.17) is 0 Å². The van der Waals surface area contributed by atoms with Crippen molar-refractivity contribution in [1.82, 2.24) is 9.97 Å². The Bertz CT molecular complexity index is 420. The molecule has 0 unspecified atom stereocenters. The zero-order chi connectivity index (χ0) is 9.26. The fraction of sp³-hybridized carbons (Fsp3) is 0.300. The van der Waals surface area contributed by atoms with Gasteiger partial charge in [0.25, 0.3) is 0 Å². The van der Waals surface area contributed by atoms with Gasteiger partial charge in [-0.15, -0.1) is 0 Å². The van der Waals surface area contributed by atoms with Crippen LogP contribution in [0.2, 0.25) is 0 Å². The first-order chi connectivity index (χ1) is 6.33. The molecule has 0 aliphatic carbocycles. The van der Waals surface area contributed by atoms with Gasteiger partial charge >= 0.3 is 0 Å². The molecule has 1 N–H and O–H groups in total. The Morgan fingerprint density at radius 1 is 1.54 bits per heavy atom. The Morgan fingerprint density at radius 3 is 3.08 bits per heavy atom. The highest BCUT2D eigenvalue weighted by Crippen LogP contribution is 2.26. The molecule has 2 aromatic rings. The highest BCUT2D eigenvalue weighted by Gasteiger charge is 2.07. The summed E-state index contributed by atoms with van der Waals surface area (Å²) in [5.74, 6) is 0. The van der Waals surface area contributed by atoms with Crippen molar-refractivity contribution in [3.8, 4) is 0 Å². The Hall–Kier alpha value is -0.830. The van der Waals surface area contributed by atoms with Crippen molar-refractivity contribution in [2.24, 2.45) is 0 Å². The van der Waals surface area contributed by atoms with Crippen LogP contribution in [0.5, 0.6) is 0 Å². The Labute approximate surface area is 85.5 Å². The molecule has 2 nitrogen and oxygen atoms in total. The summed E-state index contributed by atoms with van der Waals surface area (Å²) in [6.07, 6.45) is 4.02. The van der Waals surface area contributed by atoms with Gasteiger partial charge in [0, 0.05) is 21.7 Å². The van der Waals surface area contributed by atoms with Crippen molar-refractivity contribution < 1.29 is 0 Å². The summed E-state index contributed by atoms with van der Waals surface area (Å²) in [5, 5.41) is 1.17. The van der Waals surface area contributed by atoms with Crippen LogP contribution in [0.4, 0.5) is 0 Å². The number of aryl methyl sites for hydroxylation is 1. The highest BCUT2D eigenvalue weighted by molar-refractivity contribution is 9.10. The number of hydrogen-bond acceptors (Lipinski definition) is 1. The Balaban J connectivity index is 2.60. The van der Waals surface area contributed by atoms with E-state index in [2.05, 4.69) is 38.9 Å². The van der Waals surface area contributed by atoms with Gasteiger partial charge in [-0.25, -0.2) is 4.98 Å². The van der Waals surface area contributed by atoms with Gasteiger partial charge in [-0.05, 0) is 34.5 Å². The molecule has 0 aromatic carbocycles. The molecule has 0 saturated heterocycles. The lowest BCUT2D eigenvalue weighted by Crippen LogP contribution is -1.82. The van der Waals surface area contributed by atoms with Crippen molar-refractivity contribution in [1.29, 1.82) is 0 Å². The number of aromatic nitrogens is 2. The monoisotopic (exact) mass is 238 g/mol. The van der Waals surface area contributed by atoms with E-state index in [9.17, 15) is 0 Å². The lowest BCUT2D eigenvalue weighted by atomic mass is 10.2. The van der Waals surface area contributed by atoms with Crippen LogP contribution >= 0.6 is 15.9 Å². The minimum atomic E-state index is 0.970. The molecule has 2 aromatic heterocycles. The van der Waals surface area contributed by atoms with Crippen LogP contribution < -0.4 is 0 Å². The van der Waals surface area contributed by atoms with Crippen molar-refractivity contribution in [2.45, 2.75) is 19.8 Å². The van der Waals surface area contributed by atoms with Gasteiger partial charge in [0.05, 0.1) is 0 Å². The highest BCUT2D eigenvalue weighted by atomic mass is 79.9. The second-order valence-corrected chi connectivity index (χ2v) is 3.86. The molecule has 13 heavy (non-hydrogen) atoms. The lowest BCUT2D eigenvalue weighted by Gasteiger charge is -1.92. The number of rotatable bonds is 2. The van der Waals surface area contributed by atoms with E-state index >= 15 is 0 Å². The molecule has 2 rings (SSSR count). The SMILES string of the molecule is CCCc1[nH]c2ncccc2c1Br. The summed E-state index contributed by atoms with van der Waals surface area (Å²) >= 11 is 3.58. The molecule has 68 valence electrons. The van der Waals surface area contributed by atoms with E-state index in [-0.39, 0.29) is 0 Å². The van der Waals surface area contributed by atoms with Gasteiger partial charge in [-0.3, -0.25) is 0 Å². The molecular weight excluding hydrogens is 228 g/mol. The number of fused-ring (bicyclic) bond motifs is 1. The molecule has 0 radical (unpaired) electrons. The molecule has 0 bridgehead atoms. The molecule has 0 atom stereocenters. The smallest absolute Gasteiger partial charge is 0.138 e. The van der Waals surface area contributed by atoms with Crippen molar-refractivity contribution >= 4 is 27.0 Å². The number of nitrogens with zero attached hydrogens (tertiary/aromatic N) is 1. The standard InChI is InChI=1S/C10H11BrN2/c1-2-4-8-9(11)7-5-3-6-12-10(7)13-8/h3,5-6H,2,4H2,1H3,(H,12,13). The normalized spacial score (nSPS) is 10.9. The second-order valence-electron chi connectivity index (χ2n) is 3.07. The molecule has 3 heteroatoms. The summed E-state index contributed by atoms with van der Waals surface area (Å²) in [6.45, 7) is 2.17. The Kier molecular flexibility index (Phi) is 2.36. The van der Waals surface area contributed by atoms with Gasteiger partial charge in [0.2, 0.25) is 0 Å². The first-order valence-electron chi connectivity index (χ1n) is 4.44. The van der Waals surface area contributed by atoms with E-state index < -0.39 is 0 Å². The third-order valence-corrected chi connectivity index (χ3v) is 2.98. The second kappa shape index (κ2) is 3.50. The number of nitrogens with one attached hydrogen (secondary N) is 1. The zero-order valence-corrected chi connectivity index (χ0v) is 9.06. The van der Waals surface area contributed by atoms with Crippen LogP contribution in [-0.2, 0) is 6.42 Å². The summed E-state index contributed by atoms with van der Waals surface area (Å²) < 4.78 is 1.16. The van der Waals surface area contributed by atoms with Crippen LogP contribution in [0.1, 0.15) is 19.0 Å². The topological polar surface area (TPSA) is 28.7 Å². The third kappa shape index (κ3) is 1.48. The fourth-order valence-electron chi connectivity index (χ4n) is 1.46. The van der Waals surface area contributed by atoms with Gasteiger partial charge in [-0.2, -0.15) is 0 Å². The van der Waals surface area contributed by atoms with Crippen LogP contribution in [0.15, 0.2) is 22.8 Å². The average Bonchev–Trinajstić information content (AvgIpc) is 2.46. The lowest BCUT2D eigenvalue weighted by molar-refractivity contribution is 0.890. The molecule has 0 saturated carbocycles. The maximum Gasteiger partial charge on any atom is 0.138 e.